The highest BCUT2D eigenvalue weighted by atomic mass is 16.5. The van der Waals surface area contributed by atoms with Gasteiger partial charge >= 0.3 is 5.97 Å². The number of esters is 1. The normalized spacial score (nSPS) is 11.8. The van der Waals surface area contributed by atoms with Crippen LogP contribution in [0.25, 0.3) is 11.4 Å². The summed E-state index contributed by atoms with van der Waals surface area (Å²) < 4.78 is 16.6. The lowest BCUT2D eigenvalue weighted by molar-refractivity contribution is -0.138. The van der Waals surface area contributed by atoms with Gasteiger partial charge in [-0.1, -0.05) is 33.6 Å². The molecule has 158 valence electrons. The van der Waals surface area contributed by atoms with Gasteiger partial charge in [0.2, 0.25) is 0 Å². The molecule has 1 aromatic carbocycles. The van der Waals surface area contributed by atoms with E-state index in [-0.39, 0.29) is 11.9 Å². The molecule has 0 aliphatic carbocycles. The highest BCUT2D eigenvalue weighted by molar-refractivity contribution is 5.74. The predicted octanol–water partition coefficient (Wildman–Crippen LogP) is 5.07. The number of rotatable bonds is 13. The first-order chi connectivity index (χ1) is 14.1. The Kier molecular flexibility index (Phi) is 10.1. The van der Waals surface area contributed by atoms with Crippen molar-refractivity contribution < 1.29 is 19.0 Å². The van der Waals surface area contributed by atoms with Crippen molar-refractivity contribution in [1.82, 2.24) is 9.97 Å². The molecule has 2 aromatic rings. The second-order valence-electron chi connectivity index (χ2n) is 7.02. The van der Waals surface area contributed by atoms with Gasteiger partial charge in [-0.3, -0.25) is 4.79 Å². The van der Waals surface area contributed by atoms with Gasteiger partial charge in [0.15, 0.2) is 11.6 Å². The highest BCUT2D eigenvalue weighted by Crippen LogP contribution is 2.21. The van der Waals surface area contributed by atoms with E-state index in [1.54, 1.807) is 24.5 Å². The summed E-state index contributed by atoms with van der Waals surface area (Å²) in [4.78, 5) is 20.6. The number of hydrogen-bond acceptors (Lipinski definition) is 6. The number of aromatic nitrogens is 2. The Morgan fingerprint density at radius 2 is 1.62 bits per heavy atom. The maximum atomic E-state index is 11.9. The second-order valence-corrected chi connectivity index (χ2v) is 7.02. The van der Waals surface area contributed by atoms with Crippen LogP contribution in [0.1, 0.15) is 52.9 Å². The first-order valence-corrected chi connectivity index (χ1v) is 10.5. The minimum atomic E-state index is -0.218. The summed E-state index contributed by atoms with van der Waals surface area (Å²) in [6.45, 7) is 8.10. The Hall–Kier alpha value is -2.47. The number of carbonyl (C=O) groups excluding carboxylic acids is 1. The monoisotopic (exact) mass is 400 g/mol. The van der Waals surface area contributed by atoms with Crippen LogP contribution in [0.4, 0.5) is 0 Å². The third-order valence-corrected chi connectivity index (χ3v) is 4.57. The van der Waals surface area contributed by atoms with Gasteiger partial charge in [-0.05, 0) is 37.1 Å². The third-order valence-electron chi connectivity index (χ3n) is 4.57. The van der Waals surface area contributed by atoms with Crippen LogP contribution in [0.3, 0.4) is 0 Å². The quantitative estimate of drug-likeness (QED) is 0.266. The Morgan fingerprint density at radius 3 is 2.28 bits per heavy atom. The summed E-state index contributed by atoms with van der Waals surface area (Å²) in [5.74, 6) is 1.42. The molecule has 1 unspecified atom stereocenters. The zero-order chi connectivity index (χ0) is 20.9. The summed E-state index contributed by atoms with van der Waals surface area (Å²) in [6, 6.07) is 7.18. The smallest absolute Gasteiger partial charge is 0.314 e. The average Bonchev–Trinajstić information content (AvgIpc) is 2.76. The molecule has 0 saturated carbocycles. The van der Waals surface area contributed by atoms with Gasteiger partial charge in [-0.15, -0.1) is 0 Å². The Morgan fingerprint density at radius 1 is 0.931 bits per heavy atom. The van der Waals surface area contributed by atoms with Gasteiger partial charge in [0, 0.05) is 25.2 Å². The number of benzene rings is 1. The molecule has 0 aliphatic heterocycles. The van der Waals surface area contributed by atoms with Gasteiger partial charge in [0.25, 0.3) is 0 Å². The zero-order valence-corrected chi connectivity index (χ0v) is 17.7. The molecule has 0 fully saturated rings. The average molecular weight is 401 g/mol. The van der Waals surface area contributed by atoms with E-state index >= 15 is 0 Å². The molecule has 0 spiro atoms. The number of carbonyl (C=O) groups is 1. The van der Waals surface area contributed by atoms with E-state index in [1.807, 2.05) is 26.0 Å². The minimum absolute atomic E-state index is 0.113. The van der Waals surface area contributed by atoms with E-state index in [0.29, 0.717) is 30.5 Å². The lowest BCUT2D eigenvalue weighted by atomic mass is 10.1. The van der Waals surface area contributed by atoms with Crippen molar-refractivity contribution in [2.45, 2.75) is 52.9 Å². The third kappa shape index (κ3) is 8.20. The fourth-order valence-electron chi connectivity index (χ4n) is 2.50. The number of nitrogens with zero attached hydrogens (tertiary/aromatic N) is 2. The van der Waals surface area contributed by atoms with Gasteiger partial charge in [0.1, 0.15) is 5.75 Å². The number of unbranched alkanes of at least 4 members (excludes halogenated alkanes) is 2. The van der Waals surface area contributed by atoms with E-state index in [1.165, 1.54) is 12.8 Å². The van der Waals surface area contributed by atoms with Gasteiger partial charge in [0.05, 0.1) is 24.9 Å². The van der Waals surface area contributed by atoms with Crippen LogP contribution in [0.5, 0.6) is 11.5 Å². The van der Waals surface area contributed by atoms with Crippen molar-refractivity contribution in [1.29, 1.82) is 0 Å². The van der Waals surface area contributed by atoms with Crippen LogP contribution in [-0.4, -0.2) is 35.8 Å². The van der Waals surface area contributed by atoms with Crippen LogP contribution in [0, 0.1) is 5.92 Å². The highest BCUT2D eigenvalue weighted by Gasteiger charge is 2.13. The number of ether oxygens (including phenoxy) is 3. The summed E-state index contributed by atoms with van der Waals surface area (Å²) >= 11 is 0. The fourth-order valence-corrected chi connectivity index (χ4v) is 2.50. The molecule has 6 nitrogen and oxygen atoms in total. The van der Waals surface area contributed by atoms with E-state index in [9.17, 15) is 4.79 Å². The van der Waals surface area contributed by atoms with Crippen molar-refractivity contribution in [2.24, 2.45) is 5.92 Å². The molecule has 1 heterocycles. The molecule has 2 rings (SSSR count). The topological polar surface area (TPSA) is 70.5 Å². The summed E-state index contributed by atoms with van der Waals surface area (Å²) in [7, 11) is 0. The van der Waals surface area contributed by atoms with E-state index in [2.05, 4.69) is 16.9 Å². The molecule has 0 amide bonds. The van der Waals surface area contributed by atoms with Gasteiger partial charge < -0.3 is 14.2 Å². The van der Waals surface area contributed by atoms with Crippen LogP contribution >= 0.6 is 0 Å². The molecule has 1 atom stereocenters. The molecule has 0 radical (unpaired) electrons. The molecule has 6 heteroatoms. The van der Waals surface area contributed by atoms with Crippen LogP contribution in [0.2, 0.25) is 0 Å². The minimum Gasteiger partial charge on any atom is -0.490 e. The van der Waals surface area contributed by atoms with E-state index in [0.717, 1.165) is 31.4 Å². The standard InChI is InChI=1S/C23H32N2O4/c1-4-6-7-13-27-14-8-15-28-21-16-24-22(25-17-21)19-9-11-20(12-10-19)29-23(26)18(3)5-2/h9-12,16-18H,4-8,13-15H2,1-3H3. The van der Waals surface area contributed by atoms with Gasteiger partial charge in [-0.2, -0.15) is 0 Å². The maximum absolute atomic E-state index is 11.9. The molecule has 0 N–H and O–H groups in total. The molecule has 0 aliphatic rings. The van der Waals surface area contributed by atoms with Crippen molar-refractivity contribution in [2.75, 3.05) is 19.8 Å². The first-order valence-electron chi connectivity index (χ1n) is 10.5. The fraction of sp³-hybridized carbons (Fsp3) is 0.522. The summed E-state index contributed by atoms with van der Waals surface area (Å²) in [5, 5.41) is 0. The number of hydrogen-bond donors (Lipinski definition) is 0. The second kappa shape index (κ2) is 12.9. The molecule has 0 saturated heterocycles. The molecule has 29 heavy (non-hydrogen) atoms. The predicted molar refractivity (Wildman–Crippen MR) is 113 cm³/mol. The van der Waals surface area contributed by atoms with E-state index < -0.39 is 0 Å². The zero-order valence-electron chi connectivity index (χ0n) is 17.7. The van der Waals surface area contributed by atoms with Crippen LogP contribution in [-0.2, 0) is 9.53 Å². The molecule has 0 bridgehead atoms. The van der Waals surface area contributed by atoms with Crippen LogP contribution in [0.15, 0.2) is 36.7 Å². The summed E-state index contributed by atoms with van der Waals surface area (Å²) in [6.07, 6.45) is 8.47. The summed E-state index contributed by atoms with van der Waals surface area (Å²) in [5.41, 5.74) is 0.848. The van der Waals surface area contributed by atoms with Crippen molar-refractivity contribution >= 4 is 5.97 Å². The van der Waals surface area contributed by atoms with Crippen LogP contribution < -0.4 is 9.47 Å². The van der Waals surface area contributed by atoms with Crippen molar-refractivity contribution in [3.8, 4) is 22.9 Å². The Labute approximate surface area is 173 Å². The van der Waals surface area contributed by atoms with Crippen molar-refractivity contribution in [3.63, 3.8) is 0 Å². The van der Waals surface area contributed by atoms with Crippen molar-refractivity contribution in [3.05, 3.63) is 36.7 Å². The molecule has 1 aromatic heterocycles. The first kappa shape index (κ1) is 22.8. The molecular formula is C23H32N2O4. The lowest BCUT2D eigenvalue weighted by Crippen LogP contribution is -2.16. The van der Waals surface area contributed by atoms with Gasteiger partial charge in [-0.25, -0.2) is 9.97 Å². The maximum Gasteiger partial charge on any atom is 0.314 e. The van der Waals surface area contributed by atoms with E-state index in [4.69, 9.17) is 14.2 Å². The SMILES string of the molecule is CCCCCOCCCOc1cnc(-c2ccc(OC(=O)C(C)CC)cc2)nc1. The largest absolute Gasteiger partial charge is 0.490 e. The Balaban J connectivity index is 1.76. The molecular weight excluding hydrogens is 368 g/mol. The Bertz CT molecular complexity index is 717. The lowest BCUT2D eigenvalue weighted by Gasteiger charge is -2.09.